The number of carbonyl (C=O) groups excluding carboxylic acids is 2. The lowest BCUT2D eigenvalue weighted by molar-refractivity contribution is -0.144. The molecule has 3 atom stereocenters. The van der Waals surface area contributed by atoms with Gasteiger partial charge in [0.1, 0.15) is 12.3 Å². The van der Waals surface area contributed by atoms with E-state index in [1.807, 2.05) is 6.92 Å². The Hall–Kier alpha value is -1.10. The molecule has 1 rings (SSSR count). The Balaban J connectivity index is 2.80. The molecule has 1 saturated heterocycles. The van der Waals surface area contributed by atoms with Gasteiger partial charge in [0.15, 0.2) is 0 Å². The number of nitrogens with zero attached hydrogens (tertiary/aromatic N) is 1. The van der Waals surface area contributed by atoms with Crippen LogP contribution in [-0.4, -0.2) is 34.1 Å². The Labute approximate surface area is 95.6 Å². The van der Waals surface area contributed by atoms with Crippen LogP contribution < -0.4 is 5.73 Å². The summed E-state index contributed by atoms with van der Waals surface area (Å²) in [6.07, 6.45) is 1.61. The quantitative estimate of drug-likeness (QED) is 0.706. The van der Waals surface area contributed by atoms with Crippen LogP contribution in [0.15, 0.2) is 0 Å². The zero-order chi connectivity index (χ0) is 12.3. The number of amides is 2. The maximum Gasteiger partial charge on any atom is 0.240 e. The topological polar surface area (TPSA) is 83.6 Å². The highest BCUT2D eigenvalue weighted by Crippen LogP contribution is 2.30. The van der Waals surface area contributed by atoms with Gasteiger partial charge in [-0.1, -0.05) is 20.3 Å². The van der Waals surface area contributed by atoms with E-state index in [2.05, 4.69) is 0 Å². The minimum Gasteiger partial charge on any atom is -0.373 e. The minimum atomic E-state index is -0.857. The number of aliphatic hydroxyl groups is 1. The van der Waals surface area contributed by atoms with Crippen molar-refractivity contribution in [3.05, 3.63) is 0 Å². The van der Waals surface area contributed by atoms with Gasteiger partial charge in [-0.15, -0.1) is 0 Å². The van der Waals surface area contributed by atoms with Crippen molar-refractivity contribution in [2.24, 2.45) is 11.7 Å². The van der Waals surface area contributed by atoms with Crippen molar-refractivity contribution in [3.8, 4) is 0 Å². The lowest BCUT2D eigenvalue weighted by Gasteiger charge is -2.29. The van der Waals surface area contributed by atoms with Crippen LogP contribution in [0.2, 0.25) is 0 Å². The molecule has 3 N–H and O–H groups in total. The van der Waals surface area contributed by atoms with Gasteiger partial charge in [0.05, 0.1) is 0 Å². The van der Waals surface area contributed by atoms with Gasteiger partial charge in [-0.3, -0.25) is 9.59 Å². The smallest absolute Gasteiger partial charge is 0.240 e. The highest BCUT2D eigenvalue weighted by Gasteiger charge is 2.42. The van der Waals surface area contributed by atoms with Crippen molar-refractivity contribution in [2.45, 2.75) is 51.8 Å². The molecule has 0 saturated carbocycles. The van der Waals surface area contributed by atoms with Crippen molar-refractivity contribution >= 4 is 11.8 Å². The van der Waals surface area contributed by atoms with E-state index in [0.29, 0.717) is 12.8 Å². The van der Waals surface area contributed by atoms with E-state index in [1.165, 1.54) is 4.90 Å². The summed E-state index contributed by atoms with van der Waals surface area (Å²) < 4.78 is 0. The van der Waals surface area contributed by atoms with Gasteiger partial charge in [-0.25, -0.2) is 0 Å². The number of primary amides is 1. The maximum absolute atomic E-state index is 11.7. The second-order valence-corrected chi connectivity index (χ2v) is 4.29. The monoisotopic (exact) mass is 228 g/mol. The van der Waals surface area contributed by atoms with Gasteiger partial charge in [0, 0.05) is 12.3 Å². The predicted octanol–water partition coefficient (Wildman–Crippen LogP) is 0.217. The first-order valence-electron chi connectivity index (χ1n) is 5.81. The summed E-state index contributed by atoms with van der Waals surface area (Å²) in [7, 11) is 0. The van der Waals surface area contributed by atoms with Crippen molar-refractivity contribution in [3.63, 3.8) is 0 Å². The first kappa shape index (κ1) is 13.0. The fraction of sp³-hybridized carbons (Fsp3) is 0.818. The SMILES string of the molecule is CCC[C@@H]1CC(=O)N([C@@H](CC)C(N)=O)C1O. The van der Waals surface area contributed by atoms with Crippen LogP contribution in [0.3, 0.4) is 0 Å². The molecule has 16 heavy (non-hydrogen) atoms. The first-order chi connectivity index (χ1) is 7.52. The second kappa shape index (κ2) is 5.30. The van der Waals surface area contributed by atoms with Crippen LogP contribution in [0.1, 0.15) is 39.5 Å². The van der Waals surface area contributed by atoms with E-state index in [1.54, 1.807) is 6.92 Å². The van der Waals surface area contributed by atoms with E-state index in [0.717, 1.165) is 12.8 Å². The summed E-state index contributed by atoms with van der Waals surface area (Å²) in [6, 6.07) is -0.677. The summed E-state index contributed by atoms with van der Waals surface area (Å²) in [5, 5.41) is 10.00. The molecule has 0 radical (unpaired) electrons. The molecule has 1 unspecified atom stereocenters. The molecule has 0 aliphatic carbocycles. The Morgan fingerprint density at radius 1 is 1.62 bits per heavy atom. The van der Waals surface area contributed by atoms with Gasteiger partial charge in [-0.05, 0) is 12.8 Å². The van der Waals surface area contributed by atoms with E-state index < -0.39 is 18.2 Å². The number of rotatable bonds is 5. The first-order valence-corrected chi connectivity index (χ1v) is 5.81. The molecule has 0 aromatic heterocycles. The molecule has 0 aromatic carbocycles. The van der Waals surface area contributed by atoms with Crippen LogP contribution in [-0.2, 0) is 9.59 Å². The van der Waals surface area contributed by atoms with Crippen molar-refractivity contribution < 1.29 is 14.7 Å². The van der Waals surface area contributed by atoms with E-state index in [4.69, 9.17) is 5.73 Å². The van der Waals surface area contributed by atoms with Crippen LogP contribution in [0.5, 0.6) is 0 Å². The molecule has 0 spiro atoms. The third kappa shape index (κ3) is 2.35. The molecular weight excluding hydrogens is 208 g/mol. The standard InChI is InChI=1S/C11H20N2O3/c1-3-5-7-6-9(14)13(11(7)16)8(4-2)10(12)15/h7-8,11,16H,3-6H2,1-2H3,(H2,12,15)/t7-,8+,11?/m1/s1. The Kier molecular flexibility index (Phi) is 4.29. The summed E-state index contributed by atoms with van der Waals surface area (Å²) >= 11 is 0. The largest absolute Gasteiger partial charge is 0.373 e. The molecule has 0 bridgehead atoms. The number of aliphatic hydroxyl groups excluding tert-OH is 1. The number of nitrogens with two attached hydrogens (primary N) is 1. The summed E-state index contributed by atoms with van der Waals surface area (Å²) in [5.41, 5.74) is 5.23. The van der Waals surface area contributed by atoms with E-state index in [-0.39, 0.29) is 11.8 Å². The molecule has 1 fully saturated rings. The molecule has 1 heterocycles. The summed E-state index contributed by atoms with van der Waals surface area (Å²) in [6.45, 7) is 3.79. The predicted molar refractivity (Wildman–Crippen MR) is 59.1 cm³/mol. The van der Waals surface area contributed by atoms with Gasteiger partial charge >= 0.3 is 0 Å². The second-order valence-electron chi connectivity index (χ2n) is 4.29. The minimum absolute atomic E-state index is 0.0640. The zero-order valence-corrected chi connectivity index (χ0v) is 9.85. The molecule has 92 valence electrons. The lowest BCUT2D eigenvalue weighted by atomic mass is 10.0. The van der Waals surface area contributed by atoms with Crippen molar-refractivity contribution in [2.75, 3.05) is 0 Å². The lowest BCUT2D eigenvalue weighted by Crippen LogP contribution is -2.49. The number of carbonyl (C=O) groups is 2. The molecule has 1 aliphatic heterocycles. The third-order valence-corrected chi connectivity index (χ3v) is 3.14. The number of likely N-dealkylation sites (tertiary alicyclic amines) is 1. The van der Waals surface area contributed by atoms with Crippen LogP contribution in [0, 0.1) is 5.92 Å². The molecule has 1 aliphatic rings. The van der Waals surface area contributed by atoms with Gasteiger partial charge < -0.3 is 15.7 Å². The Morgan fingerprint density at radius 2 is 2.25 bits per heavy atom. The van der Waals surface area contributed by atoms with Crippen LogP contribution in [0.4, 0.5) is 0 Å². The van der Waals surface area contributed by atoms with E-state index in [9.17, 15) is 14.7 Å². The Bertz CT molecular complexity index is 280. The molecule has 2 amide bonds. The highest BCUT2D eigenvalue weighted by atomic mass is 16.3. The fourth-order valence-corrected chi connectivity index (χ4v) is 2.32. The van der Waals surface area contributed by atoms with Gasteiger partial charge in [0.25, 0.3) is 0 Å². The average Bonchev–Trinajstić information content (AvgIpc) is 2.47. The van der Waals surface area contributed by atoms with Crippen molar-refractivity contribution in [1.82, 2.24) is 4.90 Å². The average molecular weight is 228 g/mol. The van der Waals surface area contributed by atoms with E-state index >= 15 is 0 Å². The molecule has 0 aromatic rings. The summed E-state index contributed by atoms with van der Waals surface area (Å²) in [5.74, 6) is -0.783. The Morgan fingerprint density at radius 3 is 2.69 bits per heavy atom. The summed E-state index contributed by atoms with van der Waals surface area (Å²) in [4.78, 5) is 24.2. The third-order valence-electron chi connectivity index (χ3n) is 3.14. The molecular formula is C11H20N2O3. The molecule has 5 heteroatoms. The normalized spacial score (nSPS) is 27.2. The maximum atomic E-state index is 11.7. The van der Waals surface area contributed by atoms with Crippen LogP contribution in [0.25, 0.3) is 0 Å². The number of hydrogen-bond donors (Lipinski definition) is 2. The molecule has 5 nitrogen and oxygen atoms in total. The van der Waals surface area contributed by atoms with Crippen LogP contribution >= 0.6 is 0 Å². The van der Waals surface area contributed by atoms with Gasteiger partial charge in [-0.2, -0.15) is 0 Å². The zero-order valence-electron chi connectivity index (χ0n) is 9.85. The van der Waals surface area contributed by atoms with Crippen molar-refractivity contribution in [1.29, 1.82) is 0 Å². The number of hydrogen-bond acceptors (Lipinski definition) is 3. The highest BCUT2D eigenvalue weighted by molar-refractivity contribution is 5.88. The van der Waals surface area contributed by atoms with Gasteiger partial charge in [0.2, 0.25) is 11.8 Å². The fourth-order valence-electron chi connectivity index (χ4n) is 2.32.